The van der Waals surface area contributed by atoms with Gasteiger partial charge in [-0.25, -0.2) is 0 Å². The van der Waals surface area contributed by atoms with Crippen LogP contribution in [-0.4, -0.2) is 8.42 Å². The van der Waals surface area contributed by atoms with Crippen molar-refractivity contribution in [1.82, 2.24) is 0 Å². The highest BCUT2D eigenvalue weighted by Gasteiger charge is 2.38. The van der Waals surface area contributed by atoms with Gasteiger partial charge in [-0.1, -0.05) is 74.2 Å². The fourth-order valence-electron chi connectivity index (χ4n) is 3.09. The number of hydrogen-bond donors (Lipinski definition) is 0. The molecule has 0 aliphatic carbocycles. The smallest absolute Gasteiger partial charge is 0.190 e. The lowest BCUT2D eigenvalue weighted by Gasteiger charge is -2.09. The molecule has 3 aromatic rings. The summed E-state index contributed by atoms with van der Waals surface area (Å²) in [6.45, 7) is 4.27. The van der Waals surface area contributed by atoms with Crippen molar-refractivity contribution in [2.24, 2.45) is 0 Å². The fraction of sp³-hybridized carbons (Fsp3) is 0.250. The predicted octanol–water partition coefficient (Wildman–Crippen LogP) is 3.88. The molecule has 0 saturated heterocycles. The zero-order valence-electron chi connectivity index (χ0n) is 17.4. The molecule has 7 heteroatoms. The second kappa shape index (κ2) is 11.1. The maximum atomic E-state index is 13.2. The zero-order chi connectivity index (χ0) is 22.4. The molecule has 0 heterocycles. The van der Waals surface area contributed by atoms with Crippen LogP contribution in [0, 0.1) is 7.14 Å². The molecule has 165 valence electrons. The molecule has 3 rings (SSSR count). The van der Waals surface area contributed by atoms with E-state index in [1.54, 1.807) is 6.07 Å². The van der Waals surface area contributed by atoms with Crippen LogP contribution >= 0.6 is 23.2 Å². The van der Waals surface area contributed by atoms with E-state index in [0.717, 1.165) is 32.8 Å². The molecule has 0 atom stereocenters. The topological polar surface area (TPSA) is 43.4 Å². The van der Waals surface area contributed by atoms with Gasteiger partial charge in [-0.15, -0.1) is 0 Å². The van der Waals surface area contributed by atoms with Crippen molar-refractivity contribution < 1.29 is 31.2 Å². The number of rotatable bonds is 9. The Morgan fingerprint density at radius 2 is 1.26 bits per heavy atom. The van der Waals surface area contributed by atoms with Crippen LogP contribution in [0.1, 0.15) is 37.8 Å². The zero-order valence-corrected chi connectivity index (χ0v) is 21.9. The van der Waals surface area contributed by atoms with Crippen molar-refractivity contribution >= 4 is 33.3 Å². The summed E-state index contributed by atoms with van der Waals surface area (Å²) in [7, 11) is -4.10. The average molecular weight is 591 g/mol. The first-order valence-electron chi connectivity index (χ1n) is 10.1. The van der Waals surface area contributed by atoms with E-state index in [1.807, 2.05) is 24.3 Å². The number of aryl methyl sites for hydroxylation is 2. The molecule has 0 bridgehead atoms. The first kappa shape index (κ1) is 24.5. The molecule has 0 N–H and O–H groups in total. The minimum absolute atomic E-state index is 0.0943. The predicted molar refractivity (Wildman–Crippen MR) is 123 cm³/mol. The fourth-order valence-corrected chi connectivity index (χ4v) is 10.7. The molecule has 1 radical (unpaired) electrons. The molecule has 3 aromatic carbocycles. The van der Waals surface area contributed by atoms with Crippen molar-refractivity contribution in [2.45, 2.75) is 44.4 Å². The van der Waals surface area contributed by atoms with E-state index in [0.29, 0.717) is 5.02 Å². The van der Waals surface area contributed by atoms with Crippen molar-refractivity contribution in [3.8, 4) is 0 Å². The summed E-state index contributed by atoms with van der Waals surface area (Å²) in [5, 5.41) is 0.386. The van der Waals surface area contributed by atoms with Gasteiger partial charge >= 0.3 is 30.4 Å². The van der Waals surface area contributed by atoms with Gasteiger partial charge in [0.25, 0.3) is 0 Å². The average Bonchev–Trinajstić information content (AvgIpc) is 2.75. The lowest BCUT2D eigenvalue weighted by molar-refractivity contribution is -1.03. The van der Waals surface area contributed by atoms with Gasteiger partial charge in [0.2, 0.25) is 0 Å². The molecule has 0 spiro atoms. The molecule has 0 unspecified atom stereocenters. The Morgan fingerprint density at radius 3 is 1.71 bits per heavy atom. The third-order valence-electron chi connectivity index (χ3n) is 4.61. The molecule has 0 fully saturated rings. The van der Waals surface area contributed by atoms with E-state index < -0.39 is 30.4 Å². The molecular weight excluding hydrogens is 566 g/mol. The monoisotopic (exact) mass is 590 g/mol. The summed E-state index contributed by atoms with van der Waals surface area (Å²) in [6, 6.07) is 20.5. The second-order valence-electron chi connectivity index (χ2n) is 7.09. The molecule has 0 saturated carbocycles. The summed E-state index contributed by atoms with van der Waals surface area (Å²) in [4.78, 5) is -0.103. The van der Waals surface area contributed by atoms with Gasteiger partial charge < -0.3 is 0 Å². The van der Waals surface area contributed by atoms with Gasteiger partial charge in [-0.3, -0.25) is 0 Å². The minimum Gasteiger partial charge on any atom is -0.190 e. The van der Waals surface area contributed by atoms with E-state index in [1.165, 1.54) is 23.3 Å². The Bertz CT molecular complexity index is 1070. The van der Waals surface area contributed by atoms with E-state index in [-0.39, 0.29) is 9.92 Å². The molecule has 3 nitrogen and oxygen atoms in total. The molecule has 0 amide bonds. The highest BCUT2D eigenvalue weighted by atomic mass is 127. The van der Waals surface area contributed by atoms with Crippen LogP contribution in [0.15, 0.2) is 71.6 Å². The third-order valence-corrected chi connectivity index (χ3v) is 12.7. The SMILES string of the molecule is CCCc1ccc([I+](OS(=O)(=O)c2cc(Cl)ccc2Cl)c2ccc(CCC)cc2)cc1. The quantitative estimate of drug-likeness (QED) is 0.355. The Labute approximate surface area is 202 Å². The molecule has 0 aliphatic heterocycles. The van der Waals surface area contributed by atoms with Crippen molar-refractivity contribution in [3.63, 3.8) is 0 Å². The van der Waals surface area contributed by atoms with Crippen molar-refractivity contribution in [3.05, 3.63) is 95.0 Å². The van der Waals surface area contributed by atoms with Gasteiger partial charge in [-0.05, 0) is 68.9 Å². The Hall–Kier alpha value is -1.12. The number of benzene rings is 3. The summed E-state index contributed by atoms with van der Waals surface area (Å²) in [5.74, 6) is 0. The van der Waals surface area contributed by atoms with E-state index in [4.69, 9.17) is 25.7 Å². The van der Waals surface area contributed by atoms with E-state index in [9.17, 15) is 8.42 Å². The third kappa shape index (κ3) is 6.45. The maximum absolute atomic E-state index is 13.2. The van der Waals surface area contributed by atoms with Crippen LogP contribution in [0.5, 0.6) is 0 Å². The molecule has 31 heavy (non-hydrogen) atoms. The Balaban J connectivity index is 2.01. The summed E-state index contributed by atoms with van der Waals surface area (Å²) in [5.41, 5.74) is 2.45. The van der Waals surface area contributed by atoms with Crippen LogP contribution in [-0.2, 0) is 25.5 Å². The van der Waals surface area contributed by atoms with Gasteiger partial charge in [0.1, 0.15) is 4.90 Å². The Morgan fingerprint density at radius 1 is 0.774 bits per heavy atom. The second-order valence-corrected chi connectivity index (χ2v) is 14.4. The normalized spacial score (nSPS) is 11.8. The number of hydrogen-bond acceptors (Lipinski definition) is 3. The first-order chi connectivity index (χ1) is 14.8. The van der Waals surface area contributed by atoms with Gasteiger partial charge in [0.15, 0.2) is 7.14 Å². The van der Waals surface area contributed by atoms with Crippen LogP contribution < -0.4 is 20.2 Å². The highest BCUT2D eigenvalue weighted by molar-refractivity contribution is 7.86. The van der Waals surface area contributed by atoms with Crippen molar-refractivity contribution in [1.29, 1.82) is 0 Å². The van der Waals surface area contributed by atoms with E-state index >= 15 is 0 Å². The summed E-state index contributed by atoms with van der Waals surface area (Å²) >= 11 is 9.41. The standard InChI is InChI=1S/C24H25Cl2IO3S/c1-3-5-18-7-12-21(13-8-18)27(22-14-9-19(6-4-2)10-15-22)30-31(28,29)24-17-20(25)11-16-23(24)26/h7-17H,3-6H2,1-2H3/q+1. The molecule has 0 aliphatic rings. The van der Waals surface area contributed by atoms with Crippen molar-refractivity contribution in [2.75, 3.05) is 0 Å². The van der Waals surface area contributed by atoms with Crippen LogP contribution in [0.2, 0.25) is 10.0 Å². The van der Waals surface area contributed by atoms with E-state index in [2.05, 4.69) is 38.1 Å². The summed E-state index contributed by atoms with van der Waals surface area (Å²) in [6.07, 6.45) is 4.08. The van der Waals surface area contributed by atoms with Crippen LogP contribution in [0.4, 0.5) is 0 Å². The first-order valence-corrected chi connectivity index (χ1v) is 15.3. The van der Waals surface area contributed by atoms with Gasteiger partial charge in [-0.2, -0.15) is 8.42 Å². The van der Waals surface area contributed by atoms with Crippen LogP contribution in [0.3, 0.4) is 0 Å². The lowest BCUT2D eigenvalue weighted by atomic mass is 10.1. The molecular formula is C24H25Cl2IO3S+. The maximum Gasteiger partial charge on any atom is 0.337 e. The number of halogens is 3. The van der Waals surface area contributed by atoms with Crippen LogP contribution in [0.25, 0.3) is 0 Å². The summed E-state index contributed by atoms with van der Waals surface area (Å²) < 4.78 is 34.1. The molecule has 0 aromatic heterocycles. The largest absolute Gasteiger partial charge is 0.337 e. The van der Waals surface area contributed by atoms with Gasteiger partial charge in [0, 0.05) is 5.02 Å². The minimum atomic E-state index is -4.10. The lowest BCUT2D eigenvalue weighted by Crippen LogP contribution is -3.85. The van der Waals surface area contributed by atoms with Gasteiger partial charge in [0.05, 0.1) is 5.02 Å². The Kier molecular flexibility index (Phi) is 8.82. The highest BCUT2D eigenvalue weighted by Crippen LogP contribution is 2.25.